The molecule has 0 saturated carbocycles. The van der Waals surface area contributed by atoms with E-state index in [4.69, 9.17) is 0 Å². The number of aliphatic imine (C=N–C) groups is 1. The molecule has 1 fully saturated rings. The van der Waals surface area contributed by atoms with Gasteiger partial charge in [-0.15, -0.1) is 0 Å². The van der Waals surface area contributed by atoms with Gasteiger partial charge in [-0.25, -0.2) is 4.98 Å². The molecule has 5 heteroatoms. The predicted molar refractivity (Wildman–Crippen MR) is 104 cm³/mol. The Morgan fingerprint density at radius 3 is 2.62 bits per heavy atom. The lowest BCUT2D eigenvalue weighted by Crippen LogP contribution is -2.29. The van der Waals surface area contributed by atoms with Crippen molar-refractivity contribution >= 4 is 28.3 Å². The Morgan fingerprint density at radius 1 is 1.15 bits per heavy atom. The second kappa shape index (κ2) is 6.26. The number of anilines is 1. The molecule has 26 heavy (non-hydrogen) atoms. The van der Waals surface area contributed by atoms with Crippen LogP contribution >= 0.6 is 0 Å². The molecule has 0 bridgehead atoms. The third-order valence-electron chi connectivity index (χ3n) is 4.77. The fourth-order valence-corrected chi connectivity index (χ4v) is 3.62. The first-order valence-corrected chi connectivity index (χ1v) is 8.58. The molecule has 5 nitrogen and oxygen atoms in total. The molecule has 1 atom stereocenters. The quantitative estimate of drug-likeness (QED) is 0.762. The van der Waals surface area contributed by atoms with Gasteiger partial charge in [0.05, 0.1) is 23.4 Å². The van der Waals surface area contributed by atoms with Crippen LogP contribution in [0, 0.1) is 0 Å². The molecule has 3 aromatic rings. The van der Waals surface area contributed by atoms with E-state index in [1.54, 1.807) is 13.4 Å². The number of benzene rings is 2. The van der Waals surface area contributed by atoms with Crippen molar-refractivity contribution in [2.24, 2.45) is 4.99 Å². The number of aromatic nitrogens is 2. The standard InChI is InChI=1S/C21H20N4O/c1-13(2)18-19(22-3)21(26)25(20(18)14-7-5-4-6-8-14)15-9-10-16-17(11-15)24-12-23-16/h4-12,20H,1-3H3,(H,23,24). The normalized spacial score (nSPS) is 19.0. The maximum absolute atomic E-state index is 13.2. The molecule has 0 spiro atoms. The molecule has 130 valence electrons. The third-order valence-corrected chi connectivity index (χ3v) is 4.77. The first-order valence-electron chi connectivity index (χ1n) is 8.58. The maximum Gasteiger partial charge on any atom is 0.277 e. The lowest BCUT2D eigenvalue weighted by Gasteiger charge is -2.26. The van der Waals surface area contributed by atoms with E-state index < -0.39 is 0 Å². The number of amides is 1. The summed E-state index contributed by atoms with van der Waals surface area (Å²) in [7, 11) is 1.68. The summed E-state index contributed by atoms with van der Waals surface area (Å²) in [6, 6.07) is 15.8. The molecule has 1 N–H and O–H groups in total. The number of fused-ring (bicyclic) bond motifs is 1. The molecule has 1 aliphatic rings. The van der Waals surface area contributed by atoms with E-state index in [9.17, 15) is 4.79 Å². The van der Waals surface area contributed by atoms with Crippen molar-refractivity contribution in [3.8, 4) is 0 Å². The van der Waals surface area contributed by atoms with Crippen molar-refractivity contribution in [3.05, 3.63) is 71.6 Å². The minimum Gasteiger partial charge on any atom is -0.345 e. The molecule has 0 aliphatic carbocycles. The summed E-state index contributed by atoms with van der Waals surface area (Å²) in [5.41, 5.74) is 6.29. The Morgan fingerprint density at radius 2 is 1.92 bits per heavy atom. The van der Waals surface area contributed by atoms with Crippen LogP contribution in [0.4, 0.5) is 5.69 Å². The predicted octanol–water partition coefficient (Wildman–Crippen LogP) is 4.06. The van der Waals surface area contributed by atoms with E-state index in [0.29, 0.717) is 5.71 Å². The van der Waals surface area contributed by atoms with Crippen LogP contribution in [-0.4, -0.2) is 28.6 Å². The average Bonchev–Trinajstić information content (AvgIpc) is 3.23. The zero-order valence-electron chi connectivity index (χ0n) is 15.0. The highest BCUT2D eigenvalue weighted by molar-refractivity contribution is 6.53. The fraction of sp³-hybridized carbons (Fsp3) is 0.190. The molecule has 1 amide bonds. The number of hydrogen-bond acceptors (Lipinski definition) is 3. The summed E-state index contributed by atoms with van der Waals surface area (Å²) in [4.78, 5) is 26.8. The summed E-state index contributed by atoms with van der Waals surface area (Å²) in [6.07, 6.45) is 1.66. The molecular formula is C21H20N4O. The number of nitrogens with one attached hydrogen (secondary N) is 1. The molecule has 4 rings (SSSR count). The molecule has 1 unspecified atom stereocenters. The highest BCUT2D eigenvalue weighted by atomic mass is 16.2. The minimum atomic E-state index is -0.187. The van der Waals surface area contributed by atoms with Gasteiger partial charge in [0.15, 0.2) is 0 Å². The van der Waals surface area contributed by atoms with Crippen LogP contribution in [0.2, 0.25) is 0 Å². The van der Waals surface area contributed by atoms with E-state index in [1.807, 2.05) is 55.1 Å². The van der Waals surface area contributed by atoms with Gasteiger partial charge >= 0.3 is 0 Å². The van der Waals surface area contributed by atoms with E-state index in [1.165, 1.54) is 0 Å². The Hall–Kier alpha value is -3.21. The van der Waals surface area contributed by atoms with Crippen molar-refractivity contribution in [2.75, 3.05) is 11.9 Å². The number of allylic oxidation sites excluding steroid dienone is 1. The van der Waals surface area contributed by atoms with Gasteiger partial charge in [-0.3, -0.25) is 14.7 Å². The molecule has 0 radical (unpaired) electrons. The largest absolute Gasteiger partial charge is 0.345 e. The van der Waals surface area contributed by atoms with Crippen molar-refractivity contribution in [2.45, 2.75) is 19.9 Å². The number of hydrogen-bond donors (Lipinski definition) is 1. The number of H-pyrrole nitrogens is 1. The lowest BCUT2D eigenvalue weighted by atomic mass is 9.95. The number of carbonyl (C=O) groups excluding carboxylic acids is 1. The number of carbonyl (C=O) groups is 1. The van der Waals surface area contributed by atoms with Crippen molar-refractivity contribution < 1.29 is 4.79 Å². The van der Waals surface area contributed by atoms with Crippen LogP contribution in [0.5, 0.6) is 0 Å². The van der Waals surface area contributed by atoms with Crippen molar-refractivity contribution in [3.63, 3.8) is 0 Å². The van der Waals surface area contributed by atoms with Crippen LogP contribution in [0.3, 0.4) is 0 Å². The van der Waals surface area contributed by atoms with E-state index in [0.717, 1.165) is 33.4 Å². The maximum atomic E-state index is 13.2. The summed E-state index contributed by atoms with van der Waals surface area (Å²) in [5.74, 6) is -0.0728. The second-order valence-electron chi connectivity index (χ2n) is 6.58. The molecule has 2 heterocycles. The Labute approximate surface area is 152 Å². The van der Waals surface area contributed by atoms with Crippen LogP contribution in [0.15, 0.2) is 71.0 Å². The van der Waals surface area contributed by atoms with Crippen molar-refractivity contribution in [1.29, 1.82) is 0 Å². The SMILES string of the molecule is CN=C1C(=O)N(c2ccc3nc[nH]c3c2)C(c2ccccc2)C1=C(C)C. The average molecular weight is 344 g/mol. The highest BCUT2D eigenvalue weighted by Gasteiger charge is 2.43. The van der Waals surface area contributed by atoms with E-state index >= 15 is 0 Å². The highest BCUT2D eigenvalue weighted by Crippen LogP contribution is 2.41. The van der Waals surface area contributed by atoms with Gasteiger partial charge < -0.3 is 4.98 Å². The first-order chi connectivity index (χ1) is 12.6. The number of nitrogens with zero attached hydrogens (tertiary/aromatic N) is 3. The number of rotatable bonds is 2. The Kier molecular flexibility index (Phi) is 3.92. The molecule has 2 aromatic carbocycles. The topological polar surface area (TPSA) is 61.4 Å². The van der Waals surface area contributed by atoms with E-state index in [2.05, 4.69) is 27.1 Å². The zero-order valence-corrected chi connectivity index (χ0v) is 15.0. The van der Waals surface area contributed by atoms with Gasteiger partial charge in [-0.05, 0) is 37.6 Å². The van der Waals surface area contributed by atoms with Gasteiger partial charge in [-0.2, -0.15) is 0 Å². The van der Waals surface area contributed by atoms with Crippen LogP contribution in [-0.2, 0) is 4.79 Å². The second-order valence-corrected chi connectivity index (χ2v) is 6.58. The molecule has 1 saturated heterocycles. The number of aromatic amines is 1. The third kappa shape index (κ3) is 2.44. The number of imidazole rings is 1. The smallest absolute Gasteiger partial charge is 0.277 e. The first kappa shape index (κ1) is 16.3. The van der Waals surface area contributed by atoms with Gasteiger partial charge in [0.1, 0.15) is 5.71 Å². The van der Waals surface area contributed by atoms with E-state index in [-0.39, 0.29) is 11.9 Å². The van der Waals surface area contributed by atoms with Gasteiger partial charge in [0.25, 0.3) is 5.91 Å². The van der Waals surface area contributed by atoms with Crippen LogP contribution in [0.1, 0.15) is 25.5 Å². The Bertz CT molecular complexity index is 1040. The molecule has 1 aliphatic heterocycles. The van der Waals surface area contributed by atoms with Gasteiger partial charge in [-0.1, -0.05) is 35.9 Å². The lowest BCUT2D eigenvalue weighted by molar-refractivity contribution is -0.112. The van der Waals surface area contributed by atoms with Gasteiger partial charge in [0, 0.05) is 18.3 Å². The summed E-state index contributed by atoms with van der Waals surface area (Å²) >= 11 is 0. The van der Waals surface area contributed by atoms with Crippen LogP contribution in [0.25, 0.3) is 11.0 Å². The summed E-state index contributed by atoms with van der Waals surface area (Å²) in [6.45, 7) is 4.07. The summed E-state index contributed by atoms with van der Waals surface area (Å²) < 4.78 is 0. The zero-order chi connectivity index (χ0) is 18.3. The minimum absolute atomic E-state index is 0.0728. The summed E-state index contributed by atoms with van der Waals surface area (Å²) in [5, 5.41) is 0. The van der Waals surface area contributed by atoms with Crippen molar-refractivity contribution in [1.82, 2.24) is 9.97 Å². The van der Waals surface area contributed by atoms with Crippen LogP contribution < -0.4 is 4.90 Å². The molecular weight excluding hydrogens is 324 g/mol. The molecule has 1 aromatic heterocycles. The Balaban J connectivity index is 1.95. The monoisotopic (exact) mass is 344 g/mol. The van der Waals surface area contributed by atoms with Gasteiger partial charge in [0.2, 0.25) is 0 Å². The fourth-order valence-electron chi connectivity index (χ4n) is 3.62.